The SMILES string of the molecule is Cc1ccc(COc2ccc(C(=O)N/N=C/c3cc4ccccc4[nH]c3=O)cc2)cc1. The van der Waals surface area contributed by atoms with Crippen LogP contribution in [-0.2, 0) is 6.61 Å². The van der Waals surface area contributed by atoms with E-state index in [1.807, 2.05) is 55.5 Å². The summed E-state index contributed by atoms with van der Waals surface area (Å²) in [7, 11) is 0. The van der Waals surface area contributed by atoms with E-state index in [9.17, 15) is 9.59 Å². The second-order valence-corrected chi connectivity index (χ2v) is 7.14. The summed E-state index contributed by atoms with van der Waals surface area (Å²) in [5.41, 5.74) is 5.99. The molecule has 0 unspecified atom stereocenters. The van der Waals surface area contributed by atoms with E-state index in [0.717, 1.165) is 16.5 Å². The average Bonchev–Trinajstić information content (AvgIpc) is 2.79. The predicted octanol–water partition coefficient (Wildman–Crippen LogP) is 4.18. The van der Waals surface area contributed by atoms with Gasteiger partial charge in [-0.25, -0.2) is 5.43 Å². The molecule has 0 radical (unpaired) electrons. The van der Waals surface area contributed by atoms with Gasteiger partial charge < -0.3 is 9.72 Å². The third kappa shape index (κ3) is 5.05. The van der Waals surface area contributed by atoms with E-state index in [4.69, 9.17) is 4.74 Å². The minimum Gasteiger partial charge on any atom is -0.489 e. The molecule has 0 spiro atoms. The Bertz CT molecular complexity index is 1290. The van der Waals surface area contributed by atoms with E-state index in [1.54, 1.807) is 30.3 Å². The number of carbonyl (C=O) groups excluding carboxylic acids is 1. The van der Waals surface area contributed by atoms with Crippen LogP contribution in [0.4, 0.5) is 0 Å². The van der Waals surface area contributed by atoms with E-state index in [2.05, 4.69) is 15.5 Å². The third-order valence-electron chi connectivity index (χ3n) is 4.79. The highest BCUT2D eigenvalue weighted by molar-refractivity contribution is 5.95. The number of carbonyl (C=O) groups is 1. The summed E-state index contributed by atoms with van der Waals surface area (Å²) >= 11 is 0. The van der Waals surface area contributed by atoms with Crippen LogP contribution in [0, 0.1) is 6.92 Å². The van der Waals surface area contributed by atoms with Crippen molar-refractivity contribution >= 4 is 23.0 Å². The highest BCUT2D eigenvalue weighted by Crippen LogP contribution is 2.15. The average molecular weight is 411 g/mol. The molecule has 0 bridgehead atoms. The summed E-state index contributed by atoms with van der Waals surface area (Å²) < 4.78 is 5.75. The van der Waals surface area contributed by atoms with Gasteiger partial charge in [-0.1, -0.05) is 48.0 Å². The molecule has 0 aliphatic heterocycles. The number of nitrogens with one attached hydrogen (secondary N) is 2. The third-order valence-corrected chi connectivity index (χ3v) is 4.79. The Morgan fingerprint density at radius 3 is 2.55 bits per heavy atom. The van der Waals surface area contributed by atoms with Gasteiger partial charge in [0.1, 0.15) is 12.4 Å². The van der Waals surface area contributed by atoms with E-state index in [1.165, 1.54) is 11.8 Å². The number of hydrazone groups is 1. The Morgan fingerprint density at radius 1 is 1.03 bits per heavy atom. The molecule has 0 saturated heterocycles. The van der Waals surface area contributed by atoms with Gasteiger partial charge in [0.25, 0.3) is 11.5 Å². The first kappa shape index (κ1) is 20.1. The molecule has 0 fully saturated rings. The molecule has 1 amide bonds. The molecule has 6 heteroatoms. The van der Waals surface area contributed by atoms with Gasteiger partial charge in [-0.2, -0.15) is 5.10 Å². The summed E-state index contributed by atoms with van der Waals surface area (Å²) in [5.74, 6) is 0.293. The zero-order valence-corrected chi connectivity index (χ0v) is 17.0. The summed E-state index contributed by atoms with van der Waals surface area (Å²) in [6, 6.07) is 24.1. The molecular formula is C25H21N3O3. The molecule has 4 aromatic rings. The number of H-pyrrole nitrogens is 1. The maximum absolute atomic E-state index is 12.3. The lowest BCUT2D eigenvalue weighted by Crippen LogP contribution is -2.19. The molecule has 0 aliphatic rings. The van der Waals surface area contributed by atoms with Gasteiger partial charge in [0.05, 0.1) is 11.8 Å². The number of benzene rings is 3. The summed E-state index contributed by atoms with van der Waals surface area (Å²) in [5, 5.41) is 4.80. The number of nitrogens with zero attached hydrogens (tertiary/aromatic N) is 1. The molecule has 154 valence electrons. The minimum absolute atomic E-state index is 0.272. The molecule has 4 rings (SSSR count). The Balaban J connectivity index is 1.36. The number of pyridine rings is 1. The van der Waals surface area contributed by atoms with Crippen molar-refractivity contribution in [1.29, 1.82) is 0 Å². The van der Waals surface area contributed by atoms with Crippen LogP contribution in [0.5, 0.6) is 5.75 Å². The molecule has 0 saturated carbocycles. The number of ether oxygens (including phenoxy) is 1. The van der Waals surface area contributed by atoms with Crippen molar-refractivity contribution in [3.05, 3.63) is 111 Å². The normalized spacial score (nSPS) is 11.0. The Hall–Kier alpha value is -4.19. The molecular weight excluding hydrogens is 390 g/mol. The van der Waals surface area contributed by atoms with Gasteiger partial charge in [0.2, 0.25) is 0 Å². The smallest absolute Gasteiger partial charge is 0.271 e. The molecule has 0 atom stereocenters. The van der Waals surface area contributed by atoms with E-state index < -0.39 is 0 Å². The molecule has 6 nitrogen and oxygen atoms in total. The standard InChI is InChI=1S/C25H21N3O3/c1-17-6-8-18(9-7-17)16-31-22-12-10-19(11-13-22)25(30)28-26-15-21-14-20-4-2-3-5-23(20)27-24(21)29/h2-15H,16H2,1H3,(H,27,29)(H,28,30)/b26-15+. The number of para-hydroxylation sites is 1. The van der Waals surface area contributed by atoms with E-state index >= 15 is 0 Å². The van der Waals surface area contributed by atoms with Gasteiger partial charge >= 0.3 is 0 Å². The van der Waals surface area contributed by atoms with E-state index in [-0.39, 0.29) is 11.5 Å². The van der Waals surface area contributed by atoms with Crippen molar-refractivity contribution in [2.75, 3.05) is 0 Å². The van der Waals surface area contributed by atoms with Crippen LogP contribution in [-0.4, -0.2) is 17.1 Å². The number of amides is 1. The maximum Gasteiger partial charge on any atom is 0.271 e. The number of hydrogen-bond donors (Lipinski definition) is 2. The fraction of sp³-hybridized carbons (Fsp3) is 0.0800. The lowest BCUT2D eigenvalue weighted by Gasteiger charge is -2.07. The van der Waals surface area contributed by atoms with Crippen LogP contribution in [0.2, 0.25) is 0 Å². The fourth-order valence-corrected chi connectivity index (χ4v) is 3.04. The van der Waals surface area contributed by atoms with Gasteiger partial charge in [0, 0.05) is 11.1 Å². The Morgan fingerprint density at radius 2 is 1.77 bits per heavy atom. The highest BCUT2D eigenvalue weighted by atomic mass is 16.5. The first-order chi connectivity index (χ1) is 15.1. The van der Waals surface area contributed by atoms with Crippen molar-refractivity contribution in [2.24, 2.45) is 5.10 Å². The largest absolute Gasteiger partial charge is 0.489 e. The number of aromatic nitrogens is 1. The first-order valence-electron chi connectivity index (χ1n) is 9.82. The molecule has 2 N–H and O–H groups in total. The van der Waals surface area contributed by atoms with Crippen molar-refractivity contribution in [2.45, 2.75) is 13.5 Å². The lowest BCUT2D eigenvalue weighted by molar-refractivity contribution is 0.0955. The van der Waals surface area contributed by atoms with Crippen molar-refractivity contribution in [3.8, 4) is 5.75 Å². The number of aryl methyl sites for hydroxylation is 1. The molecule has 1 heterocycles. The van der Waals surface area contributed by atoms with Crippen LogP contribution in [0.25, 0.3) is 10.9 Å². The Labute approximate surface area is 179 Å². The van der Waals surface area contributed by atoms with Gasteiger partial charge in [-0.05, 0) is 54.3 Å². The van der Waals surface area contributed by atoms with Crippen LogP contribution >= 0.6 is 0 Å². The monoisotopic (exact) mass is 411 g/mol. The lowest BCUT2D eigenvalue weighted by atomic mass is 10.2. The second kappa shape index (κ2) is 9.09. The number of fused-ring (bicyclic) bond motifs is 1. The number of rotatable bonds is 6. The Kier molecular flexibility index (Phi) is 5.89. The van der Waals surface area contributed by atoms with Crippen LogP contribution in [0.15, 0.2) is 88.8 Å². The minimum atomic E-state index is -0.376. The quantitative estimate of drug-likeness (QED) is 0.369. The highest BCUT2D eigenvalue weighted by Gasteiger charge is 2.05. The van der Waals surface area contributed by atoms with Gasteiger partial charge in [-0.15, -0.1) is 0 Å². The van der Waals surface area contributed by atoms with Crippen LogP contribution in [0.1, 0.15) is 27.0 Å². The number of hydrogen-bond acceptors (Lipinski definition) is 4. The second-order valence-electron chi connectivity index (χ2n) is 7.14. The maximum atomic E-state index is 12.3. The predicted molar refractivity (Wildman–Crippen MR) is 122 cm³/mol. The molecule has 3 aromatic carbocycles. The van der Waals surface area contributed by atoms with Crippen LogP contribution in [0.3, 0.4) is 0 Å². The van der Waals surface area contributed by atoms with E-state index in [0.29, 0.717) is 23.5 Å². The summed E-state index contributed by atoms with van der Waals surface area (Å²) in [4.78, 5) is 27.2. The first-order valence-corrected chi connectivity index (χ1v) is 9.82. The van der Waals surface area contributed by atoms with Crippen molar-refractivity contribution < 1.29 is 9.53 Å². The van der Waals surface area contributed by atoms with Crippen molar-refractivity contribution in [1.82, 2.24) is 10.4 Å². The molecule has 31 heavy (non-hydrogen) atoms. The zero-order chi connectivity index (χ0) is 21.6. The fourth-order valence-electron chi connectivity index (χ4n) is 3.04. The number of aromatic amines is 1. The summed E-state index contributed by atoms with van der Waals surface area (Å²) in [6.45, 7) is 2.49. The molecule has 0 aliphatic carbocycles. The van der Waals surface area contributed by atoms with Gasteiger partial charge in [0.15, 0.2) is 0 Å². The molecule has 1 aromatic heterocycles. The van der Waals surface area contributed by atoms with Crippen molar-refractivity contribution in [3.63, 3.8) is 0 Å². The zero-order valence-electron chi connectivity index (χ0n) is 17.0. The van der Waals surface area contributed by atoms with Gasteiger partial charge in [-0.3, -0.25) is 9.59 Å². The van der Waals surface area contributed by atoms with Crippen LogP contribution < -0.4 is 15.7 Å². The topological polar surface area (TPSA) is 83.5 Å². The summed E-state index contributed by atoms with van der Waals surface area (Å²) in [6.07, 6.45) is 1.34.